The predicted octanol–water partition coefficient (Wildman–Crippen LogP) is 0.686. The average molecular weight is 225 g/mol. The molecule has 0 radical (unpaired) electrons. The summed E-state index contributed by atoms with van der Waals surface area (Å²) >= 11 is 0. The van der Waals surface area contributed by atoms with E-state index < -0.39 is 29.4 Å². The second-order valence-corrected chi connectivity index (χ2v) is 4.18. The number of rotatable bonds is 1. The smallest absolute Gasteiger partial charge is 0.414 e. The Balaban J connectivity index is 2.34. The standard InChI is InChI=1S/C10H11NO5/c12-7(13)6-5-10(3-1-2-4-10)8(14)11(6)9(15)16/h1-2,6H,3-5H2,(H,12,13)(H,15,16). The number of carboxylic acids is 1. The van der Waals surface area contributed by atoms with Gasteiger partial charge in [0.05, 0.1) is 5.41 Å². The van der Waals surface area contributed by atoms with E-state index in [-0.39, 0.29) is 6.42 Å². The van der Waals surface area contributed by atoms with E-state index in [0.29, 0.717) is 17.7 Å². The normalized spacial score (nSPS) is 26.6. The van der Waals surface area contributed by atoms with Crippen LogP contribution in [0.25, 0.3) is 0 Å². The number of aliphatic carboxylic acids is 1. The van der Waals surface area contributed by atoms with Gasteiger partial charge in [0.15, 0.2) is 0 Å². The molecule has 0 aromatic carbocycles. The Bertz CT molecular complexity index is 392. The molecule has 0 aromatic rings. The summed E-state index contributed by atoms with van der Waals surface area (Å²) in [6, 6.07) is -1.25. The lowest BCUT2D eigenvalue weighted by Crippen LogP contribution is -2.43. The number of amides is 2. The van der Waals surface area contributed by atoms with Crippen molar-refractivity contribution in [3.63, 3.8) is 0 Å². The van der Waals surface area contributed by atoms with Crippen LogP contribution in [0.3, 0.4) is 0 Å². The molecule has 6 heteroatoms. The highest BCUT2D eigenvalue weighted by atomic mass is 16.4. The molecular formula is C10H11NO5. The lowest BCUT2D eigenvalue weighted by molar-refractivity contribution is -0.145. The topological polar surface area (TPSA) is 94.9 Å². The summed E-state index contributed by atoms with van der Waals surface area (Å²) in [6.45, 7) is 0. The molecule has 16 heavy (non-hydrogen) atoms. The van der Waals surface area contributed by atoms with Crippen molar-refractivity contribution in [2.75, 3.05) is 0 Å². The monoisotopic (exact) mass is 225 g/mol. The van der Waals surface area contributed by atoms with Crippen LogP contribution in [0.2, 0.25) is 0 Å². The summed E-state index contributed by atoms with van der Waals surface area (Å²) in [5.74, 6) is -1.85. The summed E-state index contributed by atoms with van der Waals surface area (Å²) in [4.78, 5) is 34.2. The van der Waals surface area contributed by atoms with E-state index >= 15 is 0 Å². The third kappa shape index (κ3) is 1.30. The van der Waals surface area contributed by atoms with Gasteiger partial charge in [-0.25, -0.2) is 14.5 Å². The number of carbonyl (C=O) groups excluding carboxylic acids is 1. The van der Waals surface area contributed by atoms with Crippen LogP contribution in [0.15, 0.2) is 12.2 Å². The van der Waals surface area contributed by atoms with Crippen molar-refractivity contribution in [1.82, 2.24) is 4.90 Å². The SMILES string of the molecule is O=C(O)C1CC2(CC=CC2)C(=O)N1C(=O)O. The Labute approximate surface area is 91.2 Å². The van der Waals surface area contributed by atoms with Gasteiger partial charge in [0.2, 0.25) is 5.91 Å². The first-order valence-electron chi connectivity index (χ1n) is 4.92. The molecule has 1 spiro atoms. The van der Waals surface area contributed by atoms with Crippen molar-refractivity contribution >= 4 is 18.0 Å². The predicted molar refractivity (Wildman–Crippen MR) is 51.7 cm³/mol. The third-order valence-electron chi connectivity index (χ3n) is 3.24. The second-order valence-electron chi connectivity index (χ2n) is 4.18. The van der Waals surface area contributed by atoms with Crippen molar-refractivity contribution in [2.45, 2.75) is 25.3 Å². The highest BCUT2D eigenvalue weighted by Crippen LogP contribution is 2.45. The van der Waals surface area contributed by atoms with E-state index in [9.17, 15) is 14.4 Å². The van der Waals surface area contributed by atoms with Gasteiger partial charge in [-0.3, -0.25) is 4.79 Å². The molecule has 1 aliphatic carbocycles. The fourth-order valence-electron chi connectivity index (χ4n) is 2.41. The van der Waals surface area contributed by atoms with Crippen LogP contribution in [0, 0.1) is 5.41 Å². The van der Waals surface area contributed by atoms with Gasteiger partial charge in [0.25, 0.3) is 0 Å². The molecule has 0 aromatic heterocycles. The lowest BCUT2D eigenvalue weighted by Gasteiger charge is -2.19. The summed E-state index contributed by atoms with van der Waals surface area (Å²) in [6.07, 6.45) is 3.03. The largest absolute Gasteiger partial charge is 0.480 e. The molecule has 1 aliphatic heterocycles. The molecule has 2 N–H and O–H groups in total. The Hall–Kier alpha value is -1.85. The highest BCUT2D eigenvalue weighted by Gasteiger charge is 2.56. The molecule has 0 saturated carbocycles. The minimum absolute atomic E-state index is 0.0699. The highest BCUT2D eigenvalue weighted by molar-refractivity contribution is 6.02. The summed E-state index contributed by atoms with van der Waals surface area (Å²) in [5, 5.41) is 17.8. The molecule has 0 bridgehead atoms. The minimum atomic E-state index is -1.49. The van der Waals surface area contributed by atoms with E-state index in [1.165, 1.54) is 0 Å². The van der Waals surface area contributed by atoms with Gasteiger partial charge in [0, 0.05) is 0 Å². The molecular weight excluding hydrogens is 214 g/mol. The zero-order chi connectivity index (χ0) is 11.9. The third-order valence-corrected chi connectivity index (χ3v) is 3.24. The van der Waals surface area contributed by atoms with E-state index in [2.05, 4.69) is 0 Å². The fourth-order valence-corrected chi connectivity index (χ4v) is 2.41. The number of nitrogens with zero attached hydrogens (tertiary/aromatic N) is 1. The van der Waals surface area contributed by atoms with Gasteiger partial charge < -0.3 is 10.2 Å². The van der Waals surface area contributed by atoms with E-state index in [0.717, 1.165) is 0 Å². The van der Waals surface area contributed by atoms with Crippen LogP contribution in [0.1, 0.15) is 19.3 Å². The van der Waals surface area contributed by atoms with E-state index in [1.54, 1.807) is 12.2 Å². The molecule has 86 valence electrons. The minimum Gasteiger partial charge on any atom is -0.480 e. The van der Waals surface area contributed by atoms with Gasteiger partial charge in [-0.2, -0.15) is 0 Å². The van der Waals surface area contributed by atoms with Crippen molar-refractivity contribution in [1.29, 1.82) is 0 Å². The van der Waals surface area contributed by atoms with Gasteiger partial charge in [0.1, 0.15) is 6.04 Å². The van der Waals surface area contributed by atoms with Crippen molar-refractivity contribution < 1.29 is 24.6 Å². The Kier molecular flexibility index (Phi) is 2.22. The van der Waals surface area contributed by atoms with E-state index in [1.807, 2.05) is 0 Å². The van der Waals surface area contributed by atoms with Crippen LogP contribution in [0.4, 0.5) is 4.79 Å². The zero-order valence-electron chi connectivity index (χ0n) is 8.42. The van der Waals surface area contributed by atoms with Crippen molar-refractivity contribution in [3.05, 3.63) is 12.2 Å². The molecule has 2 aliphatic rings. The number of imide groups is 1. The molecule has 1 atom stereocenters. The van der Waals surface area contributed by atoms with Crippen LogP contribution >= 0.6 is 0 Å². The van der Waals surface area contributed by atoms with Gasteiger partial charge in [-0.05, 0) is 19.3 Å². The number of hydrogen-bond acceptors (Lipinski definition) is 3. The summed E-state index contributed by atoms with van der Waals surface area (Å²) in [7, 11) is 0. The molecule has 6 nitrogen and oxygen atoms in total. The van der Waals surface area contributed by atoms with Crippen LogP contribution in [0.5, 0.6) is 0 Å². The molecule has 1 heterocycles. The Morgan fingerprint density at radius 1 is 1.31 bits per heavy atom. The number of likely N-dealkylation sites (tertiary alicyclic amines) is 1. The van der Waals surface area contributed by atoms with Crippen LogP contribution in [-0.2, 0) is 9.59 Å². The number of hydrogen-bond donors (Lipinski definition) is 2. The lowest BCUT2D eigenvalue weighted by atomic mass is 9.82. The molecule has 2 amide bonds. The molecule has 1 fully saturated rings. The first kappa shape index (κ1) is 10.7. The van der Waals surface area contributed by atoms with Crippen molar-refractivity contribution in [2.24, 2.45) is 5.41 Å². The van der Waals surface area contributed by atoms with E-state index in [4.69, 9.17) is 10.2 Å². The zero-order valence-corrected chi connectivity index (χ0v) is 8.42. The number of carboxylic acid groups (broad SMARTS) is 2. The Morgan fingerprint density at radius 3 is 2.25 bits per heavy atom. The molecule has 1 saturated heterocycles. The molecule has 1 unspecified atom stereocenters. The van der Waals surface area contributed by atoms with Gasteiger partial charge in [-0.15, -0.1) is 0 Å². The second kappa shape index (κ2) is 3.33. The summed E-state index contributed by atoms with van der Waals surface area (Å²) in [5.41, 5.74) is -0.832. The number of allylic oxidation sites excluding steroid dienone is 2. The maximum atomic E-state index is 11.9. The Morgan fingerprint density at radius 2 is 1.88 bits per heavy atom. The van der Waals surface area contributed by atoms with Crippen LogP contribution in [-0.4, -0.2) is 39.1 Å². The number of carbonyl (C=O) groups is 3. The quantitative estimate of drug-likeness (QED) is 0.640. The van der Waals surface area contributed by atoms with Crippen LogP contribution < -0.4 is 0 Å². The van der Waals surface area contributed by atoms with Crippen molar-refractivity contribution in [3.8, 4) is 0 Å². The molecule has 2 rings (SSSR count). The summed E-state index contributed by atoms with van der Waals surface area (Å²) < 4.78 is 0. The van der Waals surface area contributed by atoms with Gasteiger partial charge >= 0.3 is 12.1 Å². The maximum absolute atomic E-state index is 11.9. The average Bonchev–Trinajstić information content (AvgIpc) is 2.75. The fraction of sp³-hybridized carbons (Fsp3) is 0.500. The first-order valence-corrected chi connectivity index (χ1v) is 4.92. The maximum Gasteiger partial charge on any atom is 0.414 e. The van der Waals surface area contributed by atoms with Gasteiger partial charge in [-0.1, -0.05) is 12.2 Å². The first-order chi connectivity index (χ1) is 7.48.